The van der Waals surface area contributed by atoms with Crippen molar-refractivity contribution < 1.29 is 14.3 Å². The summed E-state index contributed by atoms with van der Waals surface area (Å²) >= 11 is 0. The molecule has 0 atom stereocenters. The van der Waals surface area contributed by atoms with Gasteiger partial charge >= 0.3 is 0 Å². The molecule has 0 bridgehead atoms. The molecule has 0 spiro atoms. The summed E-state index contributed by atoms with van der Waals surface area (Å²) in [4.78, 5) is 25.0. The Balaban J connectivity index is 1.86. The number of anilines is 1. The van der Waals surface area contributed by atoms with Crippen molar-refractivity contribution in [3.05, 3.63) is 24.3 Å². The number of amides is 2. The molecule has 0 saturated carbocycles. The third kappa shape index (κ3) is 4.46. The lowest BCUT2D eigenvalue weighted by molar-refractivity contribution is -0.123. The number of ether oxygens (including phenoxy) is 1. The molecule has 6 nitrogen and oxygen atoms in total. The van der Waals surface area contributed by atoms with Crippen LogP contribution in [0.5, 0.6) is 5.75 Å². The predicted octanol–water partition coefficient (Wildman–Crippen LogP) is 0.657. The highest BCUT2D eigenvalue weighted by atomic mass is 16.5. The Hall–Kier alpha value is -2.08. The molecule has 3 N–H and O–H groups in total. The summed E-state index contributed by atoms with van der Waals surface area (Å²) in [6.45, 7) is 1.80. The molecular formula is C15H21N3O3. The summed E-state index contributed by atoms with van der Waals surface area (Å²) in [5, 5.41) is 2.72. The predicted molar refractivity (Wildman–Crippen MR) is 80.2 cm³/mol. The van der Waals surface area contributed by atoms with E-state index < -0.39 is 0 Å². The van der Waals surface area contributed by atoms with Crippen molar-refractivity contribution in [3.63, 3.8) is 0 Å². The van der Waals surface area contributed by atoms with Gasteiger partial charge in [0.1, 0.15) is 5.75 Å². The largest absolute Gasteiger partial charge is 0.484 e. The van der Waals surface area contributed by atoms with Gasteiger partial charge in [-0.25, -0.2) is 0 Å². The van der Waals surface area contributed by atoms with E-state index in [2.05, 4.69) is 5.32 Å². The van der Waals surface area contributed by atoms with Crippen LogP contribution in [0.3, 0.4) is 0 Å². The summed E-state index contributed by atoms with van der Waals surface area (Å²) in [6.07, 6.45) is 2.22. The topological polar surface area (TPSA) is 84.7 Å². The van der Waals surface area contributed by atoms with Gasteiger partial charge in [-0.15, -0.1) is 0 Å². The highest BCUT2D eigenvalue weighted by Gasteiger charge is 2.21. The molecular weight excluding hydrogens is 270 g/mol. The van der Waals surface area contributed by atoms with E-state index in [4.69, 9.17) is 10.5 Å². The number of hydrogen-bond donors (Lipinski definition) is 2. The van der Waals surface area contributed by atoms with Gasteiger partial charge in [0.05, 0.1) is 0 Å². The molecule has 1 fully saturated rings. The first kappa shape index (κ1) is 15.3. The van der Waals surface area contributed by atoms with Gasteiger partial charge in [-0.3, -0.25) is 9.59 Å². The van der Waals surface area contributed by atoms with Crippen LogP contribution in [-0.2, 0) is 9.59 Å². The van der Waals surface area contributed by atoms with E-state index in [-0.39, 0.29) is 18.4 Å². The Bertz CT molecular complexity index is 505. The standard InChI is InChI=1S/C15H21N3O3/c16-7-3-8-17-14(19)11-21-13-5-1-4-12(10-13)18-9-2-6-15(18)20/h1,4-5,10H,2-3,6-9,11,16H2,(H,17,19). The lowest BCUT2D eigenvalue weighted by atomic mass is 10.3. The van der Waals surface area contributed by atoms with Crippen molar-refractivity contribution in [2.45, 2.75) is 19.3 Å². The fraction of sp³-hybridized carbons (Fsp3) is 0.467. The van der Waals surface area contributed by atoms with Gasteiger partial charge in [-0.1, -0.05) is 6.07 Å². The van der Waals surface area contributed by atoms with Crippen LogP contribution in [0.25, 0.3) is 0 Å². The minimum atomic E-state index is -0.175. The van der Waals surface area contributed by atoms with Crippen molar-refractivity contribution in [1.82, 2.24) is 5.32 Å². The molecule has 114 valence electrons. The molecule has 1 aromatic rings. The second-order valence-corrected chi connectivity index (χ2v) is 4.93. The van der Waals surface area contributed by atoms with E-state index in [0.717, 1.165) is 25.1 Å². The van der Waals surface area contributed by atoms with Crippen LogP contribution in [0.2, 0.25) is 0 Å². The van der Waals surface area contributed by atoms with Crippen molar-refractivity contribution in [3.8, 4) is 5.75 Å². The van der Waals surface area contributed by atoms with Crippen molar-refractivity contribution in [2.24, 2.45) is 5.73 Å². The number of rotatable bonds is 7. The first-order valence-electron chi connectivity index (χ1n) is 7.20. The maximum atomic E-state index is 11.7. The zero-order valence-corrected chi connectivity index (χ0v) is 12.0. The van der Waals surface area contributed by atoms with E-state index in [1.54, 1.807) is 17.0 Å². The highest BCUT2D eigenvalue weighted by Crippen LogP contribution is 2.25. The lowest BCUT2D eigenvalue weighted by Crippen LogP contribution is -2.30. The number of carbonyl (C=O) groups excluding carboxylic acids is 2. The quantitative estimate of drug-likeness (QED) is 0.723. The van der Waals surface area contributed by atoms with Gasteiger partial charge in [0.25, 0.3) is 5.91 Å². The van der Waals surface area contributed by atoms with Gasteiger partial charge in [0.2, 0.25) is 5.91 Å². The van der Waals surface area contributed by atoms with Crippen LogP contribution in [0, 0.1) is 0 Å². The fourth-order valence-electron chi connectivity index (χ4n) is 2.19. The van der Waals surface area contributed by atoms with Crippen molar-refractivity contribution in [1.29, 1.82) is 0 Å². The van der Waals surface area contributed by atoms with Crippen LogP contribution >= 0.6 is 0 Å². The molecule has 1 aliphatic heterocycles. The molecule has 21 heavy (non-hydrogen) atoms. The first-order chi connectivity index (χ1) is 10.2. The Labute approximate surface area is 124 Å². The minimum Gasteiger partial charge on any atom is -0.484 e. The van der Waals surface area contributed by atoms with Crippen LogP contribution in [0.1, 0.15) is 19.3 Å². The monoisotopic (exact) mass is 291 g/mol. The van der Waals surface area contributed by atoms with E-state index >= 15 is 0 Å². The molecule has 1 heterocycles. The number of carbonyl (C=O) groups is 2. The SMILES string of the molecule is NCCCNC(=O)COc1cccc(N2CCCC2=O)c1. The Kier molecular flexibility index (Phi) is 5.57. The van der Waals surface area contributed by atoms with Crippen LogP contribution in [-0.4, -0.2) is 38.1 Å². The lowest BCUT2D eigenvalue weighted by Gasteiger charge is -2.16. The van der Waals surface area contributed by atoms with Gasteiger partial charge < -0.3 is 20.7 Å². The van der Waals surface area contributed by atoms with Crippen LogP contribution < -0.4 is 20.7 Å². The summed E-state index contributed by atoms with van der Waals surface area (Å²) in [5.74, 6) is 0.541. The number of nitrogens with one attached hydrogen (secondary N) is 1. The summed E-state index contributed by atoms with van der Waals surface area (Å²) < 4.78 is 5.45. The molecule has 2 amide bonds. The van der Waals surface area contributed by atoms with Crippen LogP contribution in [0.15, 0.2) is 24.3 Å². The summed E-state index contributed by atoms with van der Waals surface area (Å²) in [5.41, 5.74) is 6.17. The smallest absolute Gasteiger partial charge is 0.257 e. The number of nitrogens with two attached hydrogens (primary N) is 1. The summed E-state index contributed by atoms with van der Waals surface area (Å²) in [6, 6.07) is 7.26. The van der Waals surface area contributed by atoms with E-state index in [9.17, 15) is 9.59 Å². The zero-order valence-electron chi connectivity index (χ0n) is 12.0. The van der Waals surface area contributed by atoms with Gasteiger partial charge in [-0.2, -0.15) is 0 Å². The second-order valence-electron chi connectivity index (χ2n) is 4.93. The number of nitrogens with zero attached hydrogens (tertiary/aromatic N) is 1. The van der Waals surface area contributed by atoms with E-state index in [1.807, 2.05) is 12.1 Å². The number of benzene rings is 1. The van der Waals surface area contributed by atoms with Crippen molar-refractivity contribution >= 4 is 17.5 Å². The highest BCUT2D eigenvalue weighted by molar-refractivity contribution is 5.95. The summed E-state index contributed by atoms with van der Waals surface area (Å²) in [7, 11) is 0. The maximum absolute atomic E-state index is 11.7. The Morgan fingerprint density at radius 2 is 2.29 bits per heavy atom. The zero-order chi connectivity index (χ0) is 15.1. The third-order valence-corrected chi connectivity index (χ3v) is 3.28. The molecule has 1 aliphatic rings. The molecule has 1 aromatic carbocycles. The van der Waals surface area contributed by atoms with Gasteiger partial charge in [0.15, 0.2) is 6.61 Å². The van der Waals surface area contributed by atoms with Crippen LogP contribution in [0.4, 0.5) is 5.69 Å². The molecule has 0 aliphatic carbocycles. The maximum Gasteiger partial charge on any atom is 0.257 e. The Morgan fingerprint density at radius 3 is 3.00 bits per heavy atom. The normalized spacial score (nSPS) is 14.3. The minimum absolute atomic E-state index is 0.0397. The third-order valence-electron chi connectivity index (χ3n) is 3.28. The molecule has 2 rings (SSSR count). The molecule has 0 aromatic heterocycles. The molecule has 0 unspecified atom stereocenters. The van der Waals surface area contributed by atoms with Gasteiger partial charge in [-0.05, 0) is 31.5 Å². The van der Waals surface area contributed by atoms with E-state index in [0.29, 0.717) is 25.3 Å². The average molecular weight is 291 g/mol. The first-order valence-corrected chi connectivity index (χ1v) is 7.20. The van der Waals surface area contributed by atoms with E-state index in [1.165, 1.54) is 0 Å². The van der Waals surface area contributed by atoms with Gasteiger partial charge in [0, 0.05) is 31.3 Å². The number of hydrogen-bond acceptors (Lipinski definition) is 4. The fourth-order valence-corrected chi connectivity index (χ4v) is 2.19. The second kappa shape index (κ2) is 7.64. The Morgan fingerprint density at radius 1 is 1.43 bits per heavy atom. The molecule has 0 radical (unpaired) electrons. The average Bonchev–Trinajstić information content (AvgIpc) is 2.92. The molecule has 1 saturated heterocycles. The molecule has 6 heteroatoms. The van der Waals surface area contributed by atoms with Crippen molar-refractivity contribution in [2.75, 3.05) is 31.1 Å².